The minimum absolute atomic E-state index is 0.0611. The smallest absolute Gasteiger partial charge is 0.270 e. The number of thiophene rings is 1. The van der Waals surface area contributed by atoms with Gasteiger partial charge in [0.05, 0.1) is 16.3 Å². The molecule has 24 heavy (non-hydrogen) atoms. The van der Waals surface area contributed by atoms with E-state index in [-0.39, 0.29) is 5.91 Å². The molecule has 0 radical (unpaired) electrons. The molecule has 1 aliphatic heterocycles. The van der Waals surface area contributed by atoms with Gasteiger partial charge in [-0.1, -0.05) is 0 Å². The second kappa shape index (κ2) is 6.26. The second-order valence-electron chi connectivity index (χ2n) is 5.94. The van der Waals surface area contributed by atoms with Crippen molar-refractivity contribution in [1.82, 2.24) is 14.9 Å². The number of β-amino-alcohol motifs (C(OH)–C–C–N with tert-alkyl or cyclic N) is 1. The van der Waals surface area contributed by atoms with Crippen LogP contribution in [0.2, 0.25) is 0 Å². The van der Waals surface area contributed by atoms with E-state index in [0.29, 0.717) is 31.9 Å². The van der Waals surface area contributed by atoms with Crippen LogP contribution in [-0.4, -0.2) is 58.2 Å². The maximum atomic E-state index is 12.8. The summed E-state index contributed by atoms with van der Waals surface area (Å²) in [6.07, 6.45) is 2.89. The van der Waals surface area contributed by atoms with E-state index in [0.717, 1.165) is 15.9 Å². The fraction of sp³-hybridized carbons (Fsp3) is 0.294. The topological polar surface area (TPSA) is 72.5 Å². The predicted molar refractivity (Wildman–Crippen MR) is 94.5 cm³/mol. The Morgan fingerprint density at radius 1 is 1.25 bits per heavy atom. The number of nitrogens with one attached hydrogen (secondary N) is 1. The van der Waals surface area contributed by atoms with Crippen LogP contribution in [0, 0.1) is 0 Å². The predicted octanol–water partition coefficient (Wildman–Crippen LogP) is 1.95. The Hall–Kier alpha value is -2.38. The van der Waals surface area contributed by atoms with Gasteiger partial charge in [-0.25, -0.2) is 0 Å². The zero-order valence-corrected chi connectivity index (χ0v) is 13.9. The summed E-state index contributed by atoms with van der Waals surface area (Å²) in [7, 11) is 0. The molecule has 1 amide bonds. The van der Waals surface area contributed by atoms with Crippen LogP contribution in [0.4, 0.5) is 5.69 Å². The molecule has 1 atom stereocenters. The first kappa shape index (κ1) is 15.2. The summed E-state index contributed by atoms with van der Waals surface area (Å²) in [6.45, 7) is 2.10. The van der Waals surface area contributed by atoms with E-state index < -0.39 is 6.10 Å². The average Bonchev–Trinajstić information content (AvgIpc) is 3.13. The van der Waals surface area contributed by atoms with Gasteiger partial charge in [0.25, 0.3) is 5.91 Å². The zero-order valence-electron chi connectivity index (χ0n) is 13.1. The monoisotopic (exact) mass is 342 g/mol. The van der Waals surface area contributed by atoms with E-state index in [1.165, 1.54) is 0 Å². The first-order valence-corrected chi connectivity index (χ1v) is 8.77. The summed E-state index contributed by atoms with van der Waals surface area (Å²) >= 11 is 1.61. The molecular weight excluding hydrogens is 324 g/mol. The number of carbonyl (C=O) groups excluding carboxylic acids is 1. The summed E-state index contributed by atoms with van der Waals surface area (Å²) in [5, 5.41) is 12.3. The van der Waals surface area contributed by atoms with Gasteiger partial charge in [0.1, 0.15) is 5.69 Å². The van der Waals surface area contributed by atoms with Gasteiger partial charge < -0.3 is 19.9 Å². The fourth-order valence-electron chi connectivity index (χ4n) is 3.10. The first-order valence-electron chi connectivity index (χ1n) is 7.89. The quantitative estimate of drug-likeness (QED) is 0.747. The minimum Gasteiger partial charge on any atom is -0.389 e. The Balaban J connectivity index is 1.52. The molecule has 124 valence electrons. The molecule has 0 aromatic carbocycles. The zero-order chi connectivity index (χ0) is 16.5. The highest BCUT2D eigenvalue weighted by Crippen LogP contribution is 2.23. The van der Waals surface area contributed by atoms with Gasteiger partial charge in [0.2, 0.25) is 0 Å². The standard InChI is InChI=1S/C17H18N4O2S/c22-13-10-20(12-1-4-18-5-2-12)6-7-21(11-13)17(23)15-9-16-14(19-15)3-8-24-16/h1-5,8-9,13,19,22H,6-7,10-11H2/t13-/m1/s1. The van der Waals surface area contributed by atoms with Gasteiger partial charge in [0.15, 0.2) is 0 Å². The summed E-state index contributed by atoms with van der Waals surface area (Å²) < 4.78 is 1.08. The van der Waals surface area contributed by atoms with Crippen molar-refractivity contribution in [3.05, 3.63) is 47.7 Å². The first-order chi connectivity index (χ1) is 11.7. The van der Waals surface area contributed by atoms with Crippen molar-refractivity contribution in [2.24, 2.45) is 0 Å². The number of hydrogen-bond acceptors (Lipinski definition) is 5. The van der Waals surface area contributed by atoms with Crippen molar-refractivity contribution < 1.29 is 9.90 Å². The molecule has 0 aliphatic carbocycles. The number of carbonyl (C=O) groups is 1. The Bertz CT molecular complexity index is 816. The summed E-state index contributed by atoms with van der Waals surface area (Å²) in [5.41, 5.74) is 2.58. The molecule has 4 rings (SSSR count). The van der Waals surface area contributed by atoms with E-state index in [1.54, 1.807) is 28.6 Å². The van der Waals surface area contributed by atoms with Gasteiger partial charge in [0, 0.05) is 44.3 Å². The number of aliphatic hydroxyl groups is 1. The number of fused-ring (bicyclic) bond motifs is 1. The molecule has 4 heterocycles. The third-order valence-electron chi connectivity index (χ3n) is 4.29. The lowest BCUT2D eigenvalue weighted by molar-refractivity contribution is 0.0669. The molecule has 0 saturated carbocycles. The lowest BCUT2D eigenvalue weighted by Crippen LogP contribution is -2.37. The number of anilines is 1. The average molecular weight is 342 g/mol. The number of amides is 1. The maximum Gasteiger partial charge on any atom is 0.270 e. The minimum atomic E-state index is -0.583. The van der Waals surface area contributed by atoms with Crippen LogP contribution in [0.1, 0.15) is 10.5 Å². The number of H-pyrrole nitrogens is 1. The third kappa shape index (κ3) is 2.88. The Morgan fingerprint density at radius 3 is 2.88 bits per heavy atom. The molecule has 0 bridgehead atoms. The van der Waals surface area contributed by atoms with E-state index >= 15 is 0 Å². The molecule has 0 unspecified atom stereocenters. The van der Waals surface area contributed by atoms with Crippen LogP contribution < -0.4 is 4.90 Å². The third-order valence-corrected chi connectivity index (χ3v) is 5.15. The number of aromatic nitrogens is 2. The Labute approximate surface area is 143 Å². The molecular formula is C17H18N4O2S. The summed E-state index contributed by atoms with van der Waals surface area (Å²) in [4.78, 5) is 23.8. The van der Waals surface area contributed by atoms with Crippen molar-refractivity contribution in [1.29, 1.82) is 0 Å². The van der Waals surface area contributed by atoms with Crippen molar-refractivity contribution >= 4 is 33.1 Å². The number of hydrogen-bond donors (Lipinski definition) is 2. The van der Waals surface area contributed by atoms with Crippen molar-refractivity contribution in [3.8, 4) is 0 Å². The van der Waals surface area contributed by atoms with Gasteiger partial charge in [-0.3, -0.25) is 9.78 Å². The molecule has 6 nitrogen and oxygen atoms in total. The van der Waals surface area contributed by atoms with E-state index in [4.69, 9.17) is 0 Å². The summed E-state index contributed by atoms with van der Waals surface area (Å²) in [6, 6.07) is 7.70. The van der Waals surface area contributed by atoms with Crippen LogP contribution in [0.15, 0.2) is 42.0 Å². The Morgan fingerprint density at radius 2 is 2.08 bits per heavy atom. The van der Waals surface area contributed by atoms with Crippen LogP contribution in [-0.2, 0) is 0 Å². The number of nitrogens with zero attached hydrogens (tertiary/aromatic N) is 3. The number of aliphatic hydroxyl groups excluding tert-OH is 1. The van der Waals surface area contributed by atoms with Crippen molar-refractivity contribution in [3.63, 3.8) is 0 Å². The van der Waals surface area contributed by atoms with E-state index in [2.05, 4.69) is 14.9 Å². The van der Waals surface area contributed by atoms with Gasteiger partial charge in [-0.15, -0.1) is 11.3 Å². The maximum absolute atomic E-state index is 12.8. The number of aromatic amines is 1. The SMILES string of the molecule is O=C(c1cc2sccc2[nH]1)N1CCN(c2ccncc2)C[C@@H](O)C1. The van der Waals surface area contributed by atoms with Crippen LogP contribution in [0.25, 0.3) is 10.2 Å². The molecule has 0 spiro atoms. The molecule has 1 aliphatic rings. The van der Waals surface area contributed by atoms with E-state index in [1.807, 2.05) is 29.6 Å². The van der Waals surface area contributed by atoms with Gasteiger partial charge >= 0.3 is 0 Å². The van der Waals surface area contributed by atoms with Gasteiger partial charge in [-0.2, -0.15) is 0 Å². The largest absolute Gasteiger partial charge is 0.389 e. The molecule has 1 fully saturated rings. The Kier molecular flexibility index (Phi) is 3.95. The summed E-state index contributed by atoms with van der Waals surface area (Å²) in [5.74, 6) is -0.0611. The van der Waals surface area contributed by atoms with Crippen LogP contribution in [0.3, 0.4) is 0 Å². The highest BCUT2D eigenvalue weighted by Gasteiger charge is 2.26. The normalized spacial score (nSPS) is 18.8. The molecule has 3 aromatic rings. The second-order valence-corrected chi connectivity index (χ2v) is 6.89. The van der Waals surface area contributed by atoms with E-state index in [9.17, 15) is 9.90 Å². The lowest BCUT2D eigenvalue weighted by Gasteiger charge is -2.23. The molecule has 2 N–H and O–H groups in total. The molecule has 7 heteroatoms. The van der Waals surface area contributed by atoms with Crippen LogP contribution in [0.5, 0.6) is 0 Å². The molecule has 3 aromatic heterocycles. The molecule has 1 saturated heterocycles. The van der Waals surface area contributed by atoms with Crippen LogP contribution >= 0.6 is 11.3 Å². The van der Waals surface area contributed by atoms with Gasteiger partial charge in [-0.05, 0) is 29.6 Å². The van der Waals surface area contributed by atoms with Crippen molar-refractivity contribution in [2.45, 2.75) is 6.10 Å². The van der Waals surface area contributed by atoms with Crippen molar-refractivity contribution in [2.75, 3.05) is 31.1 Å². The number of rotatable bonds is 2. The fourth-order valence-corrected chi connectivity index (χ4v) is 3.88. The number of pyridine rings is 1. The lowest BCUT2D eigenvalue weighted by atomic mass is 10.3. The highest BCUT2D eigenvalue weighted by atomic mass is 32.1. The highest BCUT2D eigenvalue weighted by molar-refractivity contribution is 7.17.